The molecule has 0 aromatic carbocycles. The van der Waals surface area contributed by atoms with Crippen LogP contribution in [0, 0.1) is 40.4 Å². The number of carbonyl (C=O) groups is 2. The van der Waals surface area contributed by atoms with E-state index in [9.17, 15) is 9.59 Å². The van der Waals surface area contributed by atoms with Gasteiger partial charge in [-0.1, -0.05) is 12.5 Å². The maximum absolute atomic E-state index is 13.0. The van der Waals surface area contributed by atoms with Gasteiger partial charge < -0.3 is 9.47 Å². The fourth-order valence-electron chi connectivity index (χ4n) is 8.01. The number of hydrogen-bond acceptors (Lipinski definition) is 4. The highest BCUT2D eigenvalue weighted by atomic mass is 16.6. The van der Waals surface area contributed by atoms with Gasteiger partial charge >= 0.3 is 11.9 Å². The summed E-state index contributed by atoms with van der Waals surface area (Å²) in [6.45, 7) is 4.45. The van der Waals surface area contributed by atoms with Crippen LogP contribution in [-0.2, 0) is 19.1 Å². The average Bonchev–Trinajstić information content (AvgIpc) is 3.03. The zero-order valence-electron chi connectivity index (χ0n) is 14.3. The maximum Gasteiger partial charge on any atom is 0.313 e. The molecule has 0 aromatic heterocycles. The van der Waals surface area contributed by atoms with Crippen molar-refractivity contribution in [2.75, 3.05) is 0 Å². The van der Waals surface area contributed by atoms with E-state index >= 15 is 0 Å². The van der Waals surface area contributed by atoms with Gasteiger partial charge in [-0.3, -0.25) is 9.59 Å². The normalized spacial score (nSPS) is 59.4. The first-order valence-corrected chi connectivity index (χ1v) is 9.58. The van der Waals surface area contributed by atoms with Crippen LogP contribution in [0.5, 0.6) is 0 Å². The number of allylic oxidation sites excluding steroid dienone is 1. The van der Waals surface area contributed by atoms with Crippen molar-refractivity contribution in [3.63, 3.8) is 0 Å². The molecule has 0 radical (unpaired) electrons. The molecule has 9 atom stereocenters. The molecule has 3 heterocycles. The van der Waals surface area contributed by atoms with Gasteiger partial charge in [0.25, 0.3) is 0 Å². The van der Waals surface area contributed by atoms with Gasteiger partial charge in [-0.05, 0) is 62.4 Å². The van der Waals surface area contributed by atoms with E-state index in [1.54, 1.807) is 0 Å². The van der Waals surface area contributed by atoms with Crippen LogP contribution in [0.4, 0.5) is 0 Å². The molecule has 4 aliphatic carbocycles. The summed E-state index contributed by atoms with van der Waals surface area (Å²) in [5.41, 5.74) is 0.698. The van der Waals surface area contributed by atoms with Crippen molar-refractivity contribution in [1.29, 1.82) is 0 Å². The average molecular weight is 328 g/mol. The SMILES string of the molecule is CC1=CC2C[C@]3(CC[C@@]45C(=O)O[C@@H](CC4C)[C@H]4C[C@H]1[C@@H]3[C@H]45)C(=O)O2. The van der Waals surface area contributed by atoms with E-state index < -0.39 is 0 Å². The van der Waals surface area contributed by atoms with Gasteiger partial charge in [-0.2, -0.15) is 0 Å². The molecule has 24 heavy (non-hydrogen) atoms. The molecule has 4 bridgehead atoms. The van der Waals surface area contributed by atoms with Crippen molar-refractivity contribution in [3.05, 3.63) is 11.6 Å². The van der Waals surface area contributed by atoms with Gasteiger partial charge in [0.05, 0.1) is 10.8 Å². The lowest BCUT2D eigenvalue weighted by atomic mass is 9.43. The summed E-state index contributed by atoms with van der Waals surface area (Å²) in [5, 5.41) is 0. The lowest BCUT2D eigenvalue weighted by Crippen LogP contribution is -2.66. The summed E-state index contributed by atoms with van der Waals surface area (Å²) in [6, 6.07) is 0. The van der Waals surface area contributed by atoms with Gasteiger partial charge in [0, 0.05) is 12.3 Å². The summed E-state index contributed by atoms with van der Waals surface area (Å²) in [4.78, 5) is 25.9. The summed E-state index contributed by atoms with van der Waals surface area (Å²) >= 11 is 0. The third-order valence-electron chi connectivity index (χ3n) is 8.87. The standard InChI is InChI=1S/C20H24O4/c1-9-5-11-8-19(17(21)23-11)3-4-20-10(2)6-14(24-18(20)22)13-7-12(9)15(19)16(13)20/h5,10-16H,3-4,6-8H2,1-2H3/t10?,11?,12-,13-,14+,15-,16+,19+,20-/m1/s1. The van der Waals surface area contributed by atoms with Gasteiger partial charge in [0.2, 0.25) is 0 Å². The molecule has 2 unspecified atom stereocenters. The first-order valence-electron chi connectivity index (χ1n) is 9.58. The van der Waals surface area contributed by atoms with E-state index in [4.69, 9.17) is 9.47 Å². The third kappa shape index (κ3) is 1.23. The van der Waals surface area contributed by atoms with Crippen molar-refractivity contribution in [2.24, 2.45) is 40.4 Å². The molecule has 3 saturated carbocycles. The van der Waals surface area contributed by atoms with Crippen LogP contribution in [0.2, 0.25) is 0 Å². The highest BCUT2D eigenvalue weighted by Crippen LogP contribution is 2.74. The van der Waals surface area contributed by atoms with Crippen LogP contribution in [0.3, 0.4) is 0 Å². The predicted molar refractivity (Wildman–Crippen MR) is 84.6 cm³/mol. The van der Waals surface area contributed by atoms with E-state index in [0.717, 1.165) is 32.1 Å². The molecule has 3 aliphatic heterocycles. The number of hydrogen-bond donors (Lipinski definition) is 0. The zero-order chi connectivity index (χ0) is 16.4. The topological polar surface area (TPSA) is 52.6 Å². The van der Waals surface area contributed by atoms with Gasteiger partial charge in [-0.25, -0.2) is 0 Å². The lowest BCUT2D eigenvalue weighted by Gasteiger charge is -2.62. The molecule has 6 fully saturated rings. The number of ether oxygens (including phenoxy) is 2. The fourth-order valence-corrected chi connectivity index (χ4v) is 8.01. The molecule has 128 valence electrons. The molecular formula is C20H24O4. The summed E-state index contributed by atoms with van der Waals surface area (Å²) in [6.07, 6.45) is 6.78. The highest BCUT2D eigenvalue weighted by Gasteiger charge is 2.76. The molecule has 7 rings (SSSR count). The minimum Gasteiger partial charge on any atom is -0.462 e. The Balaban J connectivity index is 1.60. The molecule has 7 aliphatic rings. The van der Waals surface area contributed by atoms with Crippen LogP contribution in [0.15, 0.2) is 11.6 Å². The van der Waals surface area contributed by atoms with E-state index in [-0.39, 0.29) is 40.9 Å². The first-order chi connectivity index (χ1) is 11.5. The maximum atomic E-state index is 13.0. The minimum absolute atomic E-state index is 0.0178. The van der Waals surface area contributed by atoms with Crippen molar-refractivity contribution in [3.8, 4) is 0 Å². The number of esters is 2. The monoisotopic (exact) mass is 328 g/mol. The molecule has 4 heteroatoms. The summed E-state index contributed by atoms with van der Waals surface area (Å²) in [5.74, 6) is 1.91. The molecule has 3 saturated heterocycles. The Bertz CT molecular complexity index is 710. The Morgan fingerprint density at radius 3 is 2.71 bits per heavy atom. The Labute approximate surface area is 141 Å². The van der Waals surface area contributed by atoms with Gasteiger partial charge in [0.15, 0.2) is 0 Å². The lowest BCUT2D eigenvalue weighted by molar-refractivity contribution is -0.234. The molecule has 0 N–H and O–H groups in total. The second-order valence-electron chi connectivity index (χ2n) is 9.39. The third-order valence-corrected chi connectivity index (χ3v) is 8.87. The zero-order valence-corrected chi connectivity index (χ0v) is 14.3. The Hall–Kier alpha value is -1.32. The summed E-state index contributed by atoms with van der Waals surface area (Å²) < 4.78 is 11.6. The Morgan fingerprint density at radius 1 is 1.08 bits per heavy atom. The van der Waals surface area contributed by atoms with Crippen molar-refractivity contribution in [1.82, 2.24) is 0 Å². The van der Waals surface area contributed by atoms with Crippen molar-refractivity contribution >= 4 is 11.9 Å². The van der Waals surface area contributed by atoms with Crippen LogP contribution in [0.1, 0.15) is 46.0 Å². The number of fused-ring (bicyclic) bond motifs is 3. The van der Waals surface area contributed by atoms with Gasteiger partial charge in [0.1, 0.15) is 12.2 Å². The fraction of sp³-hybridized carbons (Fsp3) is 0.800. The Kier molecular flexibility index (Phi) is 2.27. The summed E-state index contributed by atoms with van der Waals surface area (Å²) in [7, 11) is 0. The number of carbonyl (C=O) groups excluding carboxylic acids is 2. The van der Waals surface area contributed by atoms with E-state index in [1.165, 1.54) is 5.57 Å². The van der Waals surface area contributed by atoms with Crippen LogP contribution in [-0.4, -0.2) is 24.1 Å². The van der Waals surface area contributed by atoms with E-state index in [0.29, 0.717) is 23.7 Å². The largest absolute Gasteiger partial charge is 0.462 e. The predicted octanol–water partition coefficient (Wildman–Crippen LogP) is 2.86. The molecule has 2 spiro atoms. The molecule has 0 amide bonds. The second-order valence-corrected chi connectivity index (χ2v) is 9.39. The van der Waals surface area contributed by atoms with Crippen molar-refractivity contribution < 1.29 is 19.1 Å². The van der Waals surface area contributed by atoms with Crippen LogP contribution < -0.4 is 0 Å². The molecule has 0 aromatic rings. The highest BCUT2D eigenvalue weighted by molar-refractivity contribution is 5.84. The minimum atomic E-state index is -0.342. The molecule has 4 nitrogen and oxygen atoms in total. The second kappa shape index (κ2) is 3.91. The van der Waals surface area contributed by atoms with Gasteiger partial charge in [-0.15, -0.1) is 0 Å². The molecular weight excluding hydrogens is 304 g/mol. The van der Waals surface area contributed by atoms with Crippen molar-refractivity contribution in [2.45, 2.75) is 58.2 Å². The van der Waals surface area contributed by atoms with Crippen LogP contribution >= 0.6 is 0 Å². The first kappa shape index (κ1) is 13.9. The quantitative estimate of drug-likeness (QED) is 0.507. The van der Waals surface area contributed by atoms with E-state index in [2.05, 4.69) is 19.9 Å². The smallest absolute Gasteiger partial charge is 0.313 e. The van der Waals surface area contributed by atoms with Crippen LogP contribution in [0.25, 0.3) is 0 Å². The van der Waals surface area contributed by atoms with E-state index in [1.807, 2.05) is 0 Å². The Morgan fingerprint density at radius 2 is 1.92 bits per heavy atom. The number of rotatable bonds is 0.